The first-order valence-electron chi connectivity index (χ1n) is 8.42. The van der Waals surface area contributed by atoms with Gasteiger partial charge in [0.05, 0.1) is 23.8 Å². The van der Waals surface area contributed by atoms with E-state index in [0.717, 1.165) is 0 Å². The number of benzene rings is 2. The number of aryl methyl sites for hydroxylation is 2. The minimum absolute atomic E-state index is 0.0637. The van der Waals surface area contributed by atoms with Crippen LogP contribution in [0.4, 0.5) is 0 Å². The van der Waals surface area contributed by atoms with Crippen molar-refractivity contribution in [1.82, 2.24) is 9.55 Å². The summed E-state index contributed by atoms with van der Waals surface area (Å²) < 4.78 is 1.66. The highest BCUT2D eigenvalue weighted by molar-refractivity contribution is 6.31. The van der Waals surface area contributed by atoms with Gasteiger partial charge in [-0.15, -0.1) is 0 Å². The van der Waals surface area contributed by atoms with Gasteiger partial charge >= 0.3 is 0 Å². The quantitative estimate of drug-likeness (QED) is 0.648. The van der Waals surface area contributed by atoms with Crippen molar-refractivity contribution in [1.29, 1.82) is 0 Å². The predicted octanol–water partition coefficient (Wildman–Crippen LogP) is 5.01. The SMILES string of the molecule is Cc1cc(C(C)(C)C)cc(C)c1Cn1cnc2ccc(Cl)cc2c1=O. The maximum Gasteiger partial charge on any atom is 0.261 e. The second kappa shape index (κ2) is 6.30. The lowest BCUT2D eigenvalue weighted by molar-refractivity contribution is 0.588. The molecular formula is C21H23ClN2O. The lowest BCUT2D eigenvalue weighted by Crippen LogP contribution is -2.22. The van der Waals surface area contributed by atoms with Crippen LogP contribution in [-0.2, 0) is 12.0 Å². The van der Waals surface area contributed by atoms with E-state index >= 15 is 0 Å². The summed E-state index contributed by atoms with van der Waals surface area (Å²) in [6.07, 6.45) is 1.62. The van der Waals surface area contributed by atoms with E-state index in [2.05, 4.69) is 51.7 Å². The fourth-order valence-electron chi connectivity index (χ4n) is 3.09. The van der Waals surface area contributed by atoms with Crippen LogP contribution in [-0.4, -0.2) is 9.55 Å². The molecule has 0 fully saturated rings. The van der Waals surface area contributed by atoms with Gasteiger partial charge in [-0.3, -0.25) is 9.36 Å². The molecule has 0 amide bonds. The van der Waals surface area contributed by atoms with E-state index in [9.17, 15) is 4.79 Å². The van der Waals surface area contributed by atoms with Crippen molar-refractivity contribution in [3.63, 3.8) is 0 Å². The van der Waals surface area contributed by atoms with Gasteiger partial charge in [0.25, 0.3) is 5.56 Å². The molecule has 0 aliphatic heterocycles. The molecule has 0 spiro atoms. The molecule has 1 heterocycles. The smallest absolute Gasteiger partial charge is 0.261 e. The molecule has 25 heavy (non-hydrogen) atoms. The van der Waals surface area contributed by atoms with Gasteiger partial charge in [0.1, 0.15) is 0 Å². The minimum atomic E-state index is -0.0637. The van der Waals surface area contributed by atoms with Crippen LogP contribution in [0.15, 0.2) is 41.5 Å². The van der Waals surface area contributed by atoms with Gasteiger partial charge in [-0.2, -0.15) is 0 Å². The number of hydrogen-bond donors (Lipinski definition) is 0. The third kappa shape index (κ3) is 3.47. The van der Waals surface area contributed by atoms with E-state index in [1.165, 1.54) is 22.3 Å². The van der Waals surface area contributed by atoms with Crippen molar-refractivity contribution in [3.05, 3.63) is 74.3 Å². The zero-order chi connectivity index (χ0) is 18.4. The van der Waals surface area contributed by atoms with Gasteiger partial charge in [0.2, 0.25) is 0 Å². The van der Waals surface area contributed by atoms with Crippen molar-refractivity contribution >= 4 is 22.5 Å². The second-order valence-electron chi connectivity index (χ2n) is 7.68. The van der Waals surface area contributed by atoms with Crippen molar-refractivity contribution < 1.29 is 0 Å². The number of nitrogens with zero attached hydrogens (tertiary/aromatic N) is 2. The normalized spacial score (nSPS) is 11.9. The largest absolute Gasteiger partial charge is 0.294 e. The van der Waals surface area contributed by atoms with Gasteiger partial charge in [-0.25, -0.2) is 4.98 Å². The molecule has 0 radical (unpaired) electrons. The Hall–Kier alpha value is -2.13. The average Bonchev–Trinajstić information content (AvgIpc) is 2.52. The topological polar surface area (TPSA) is 34.9 Å². The van der Waals surface area contributed by atoms with Gasteiger partial charge in [-0.05, 0) is 59.7 Å². The van der Waals surface area contributed by atoms with Crippen LogP contribution in [0, 0.1) is 13.8 Å². The third-order valence-corrected chi connectivity index (χ3v) is 4.91. The lowest BCUT2D eigenvalue weighted by Gasteiger charge is -2.22. The van der Waals surface area contributed by atoms with E-state index in [1.807, 2.05) is 0 Å². The maximum atomic E-state index is 12.8. The van der Waals surface area contributed by atoms with Crippen LogP contribution < -0.4 is 5.56 Å². The Balaban J connectivity index is 2.08. The molecular weight excluding hydrogens is 332 g/mol. The molecule has 0 bridgehead atoms. The first-order chi connectivity index (χ1) is 11.7. The monoisotopic (exact) mass is 354 g/mol. The fourth-order valence-corrected chi connectivity index (χ4v) is 3.26. The summed E-state index contributed by atoms with van der Waals surface area (Å²) in [5.74, 6) is 0. The van der Waals surface area contributed by atoms with Crippen LogP contribution in [0.1, 0.15) is 43.0 Å². The summed E-state index contributed by atoms with van der Waals surface area (Å²) in [5.41, 5.74) is 5.58. The molecule has 0 saturated heterocycles. The molecule has 3 rings (SSSR count). The van der Waals surface area contributed by atoms with E-state index in [1.54, 1.807) is 29.1 Å². The molecule has 3 nitrogen and oxygen atoms in total. The van der Waals surface area contributed by atoms with Crippen LogP contribution in [0.5, 0.6) is 0 Å². The Bertz CT molecular complexity index is 990. The molecule has 0 aliphatic rings. The first kappa shape index (κ1) is 17.7. The van der Waals surface area contributed by atoms with E-state index in [-0.39, 0.29) is 11.0 Å². The molecule has 130 valence electrons. The summed E-state index contributed by atoms with van der Waals surface area (Å²) in [6.45, 7) is 11.4. The van der Waals surface area contributed by atoms with Crippen molar-refractivity contribution in [3.8, 4) is 0 Å². The molecule has 0 atom stereocenters. The Morgan fingerprint density at radius 1 is 1.08 bits per heavy atom. The zero-order valence-corrected chi connectivity index (χ0v) is 16.1. The number of fused-ring (bicyclic) bond motifs is 1. The average molecular weight is 355 g/mol. The molecule has 0 N–H and O–H groups in total. The van der Waals surface area contributed by atoms with E-state index in [0.29, 0.717) is 22.5 Å². The van der Waals surface area contributed by atoms with Crippen LogP contribution in [0.2, 0.25) is 5.02 Å². The molecule has 4 heteroatoms. The standard InChI is InChI=1S/C21H23ClN2O/c1-13-8-15(21(3,4)5)9-14(2)18(13)11-24-12-23-19-7-6-16(22)10-17(19)20(24)25/h6-10,12H,11H2,1-5H3. The molecule has 0 unspecified atom stereocenters. The summed E-state index contributed by atoms with van der Waals surface area (Å²) in [5, 5.41) is 1.10. The Morgan fingerprint density at radius 2 is 1.72 bits per heavy atom. The highest BCUT2D eigenvalue weighted by atomic mass is 35.5. The summed E-state index contributed by atoms with van der Waals surface area (Å²) >= 11 is 6.04. The van der Waals surface area contributed by atoms with Crippen molar-refractivity contribution in [2.24, 2.45) is 0 Å². The Morgan fingerprint density at radius 3 is 2.32 bits per heavy atom. The molecule has 0 saturated carbocycles. The number of hydrogen-bond acceptors (Lipinski definition) is 2. The molecule has 3 aromatic rings. The third-order valence-electron chi connectivity index (χ3n) is 4.68. The summed E-state index contributed by atoms with van der Waals surface area (Å²) in [7, 11) is 0. The van der Waals surface area contributed by atoms with Crippen molar-refractivity contribution in [2.75, 3.05) is 0 Å². The van der Waals surface area contributed by atoms with E-state index < -0.39 is 0 Å². The fraction of sp³-hybridized carbons (Fsp3) is 0.333. The van der Waals surface area contributed by atoms with Gasteiger partial charge in [0, 0.05) is 5.02 Å². The van der Waals surface area contributed by atoms with Crippen molar-refractivity contribution in [2.45, 2.75) is 46.6 Å². The second-order valence-corrected chi connectivity index (χ2v) is 8.11. The first-order valence-corrected chi connectivity index (χ1v) is 8.80. The highest BCUT2D eigenvalue weighted by Gasteiger charge is 2.17. The summed E-state index contributed by atoms with van der Waals surface area (Å²) in [6, 6.07) is 9.65. The molecule has 1 aromatic heterocycles. The molecule has 2 aromatic carbocycles. The number of aromatic nitrogens is 2. The van der Waals surface area contributed by atoms with Crippen LogP contribution >= 0.6 is 11.6 Å². The van der Waals surface area contributed by atoms with Crippen LogP contribution in [0.3, 0.4) is 0 Å². The van der Waals surface area contributed by atoms with Gasteiger partial charge in [-0.1, -0.05) is 44.5 Å². The highest BCUT2D eigenvalue weighted by Crippen LogP contribution is 2.27. The number of halogens is 1. The van der Waals surface area contributed by atoms with E-state index in [4.69, 9.17) is 11.6 Å². The van der Waals surface area contributed by atoms with Gasteiger partial charge in [0.15, 0.2) is 0 Å². The maximum absolute atomic E-state index is 12.8. The zero-order valence-electron chi connectivity index (χ0n) is 15.4. The number of rotatable bonds is 2. The predicted molar refractivity (Wildman–Crippen MR) is 105 cm³/mol. The Kier molecular flexibility index (Phi) is 4.46. The lowest BCUT2D eigenvalue weighted by atomic mass is 9.84. The van der Waals surface area contributed by atoms with Gasteiger partial charge < -0.3 is 0 Å². The van der Waals surface area contributed by atoms with Crippen LogP contribution in [0.25, 0.3) is 10.9 Å². The summed E-state index contributed by atoms with van der Waals surface area (Å²) in [4.78, 5) is 17.2. The Labute approximate surface area is 153 Å². The molecule has 0 aliphatic carbocycles. The minimum Gasteiger partial charge on any atom is -0.294 e.